The van der Waals surface area contributed by atoms with E-state index in [0.29, 0.717) is 18.0 Å². The molecule has 3 aromatic rings. The van der Waals surface area contributed by atoms with E-state index in [1.54, 1.807) is 17.3 Å². The molecule has 0 aliphatic carbocycles. The summed E-state index contributed by atoms with van der Waals surface area (Å²) in [7, 11) is 0. The maximum Gasteiger partial charge on any atom is 0.290 e. The zero-order chi connectivity index (χ0) is 21.3. The molecule has 0 fully saturated rings. The Labute approximate surface area is 177 Å². The fraction of sp³-hybridized carbons (Fsp3) is 0.231. The van der Waals surface area contributed by atoms with Crippen molar-refractivity contribution in [3.05, 3.63) is 107 Å². The van der Waals surface area contributed by atoms with Crippen LogP contribution in [-0.2, 0) is 11.3 Å². The summed E-state index contributed by atoms with van der Waals surface area (Å²) in [4.78, 5) is 18.9. The monoisotopic (exact) mass is 398 g/mol. The normalized spacial score (nSPS) is 16.6. The van der Waals surface area contributed by atoms with E-state index in [1.807, 2.05) is 43.3 Å². The van der Waals surface area contributed by atoms with Crippen LogP contribution in [0.4, 0.5) is 0 Å². The van der Waals surface area contributed by atoms with Crippen LogP contribution in [0.2, 0.25) is 0 Å². The largest absolute Gasteiger partial charge is 0.503 e. The van der Waals surface area contributed by atoms with Crippen LogP contribution < -0.4 is 0 Å². The van der Waals surface area contributed by atoms with Crippen molar-refractivity contribution in [1.82, 2.24) is 9.88 Å². The van der Waals surface area contributed by atoms with E-state index in [0.717, 1.165) is 22.3 Å². The number of rotatable bonds is 5. The van der Waals surface area contributed by atoms with Gasteiger partial charge in [-0.15, -0.1) is 0 Å². The number of nitrogens with zero attached hydrogens (tertiary/aromatic N) is 2. The van der Waals surface area contributed by atoms with Crippen molar-refractivity contribution in [2.75, 3.05) is 0 Å². The van der Waals surface area contributed by atoms with E-state index in [4.69, 9.17) is 0 Å². The topological polar surface area (TPSA) is 53.4 Å². The maximum absolute atomic E-state index is 13.1. The average molecular weight is 399 g/mol. The Morgan fingerprint density at radius 2 is 1.60 bits per heavy atom. The van der Waals surface area contributed by atoms with Crippen LogP contribution in [0.1, 0.15) is 53.6 Å². The molecule has 1 unspecified atom stereocenters. The Bertz CT molecular complexity index is 1070. The third-order valence-corrected chi connectivity index (χ3v) is 5.69. The van der Waals surface area contributed by atoms with E-state index in [-0.39, 0.29) is 17.7 Å². The first-order valence-corrected chi connectivity index (χ1v) is 10.3. The molecular weight excluding hydrogens is 372 g/mol. The maximum atomic E-state index is 13.1. The number of aliphatic hydroxyl groups excluding tert-OH is 1. The number of benzene rings is 2. The molecular formula is C26H26N2O2. The zero-order valence-corrected chi connectivity index (χ0v) is 17.5. The summed E-state index contributed by atoms with van der Waals surface area (Å²) >= 11 is 0. The summed E-state index contributed by atoms with van der Waals surface area (Å²) in [5.41, 5.74) is 5.86. The van der Waals surface area contributed by atoms with Crippen LogP contribution >= 0.6 is 0 Å². The van der Waals surface area contributed by atoms with Crippen LogP contribution in [-0.4, -0.2) is 20.9 Å². The Morgan fingerprint density at radius 3 is 2.20 bits per heavy atom. The number of pyridine rings is 1. The minimum atomic E-state index is -0.352. The second-order valence-electron chi connectivity index (χ2n) is 8.14. The first-order valence-electron chi connectivity index (χ1n) is 10.3. The van der Waals surface area contributed by atoms with Gasteiger partial charge >= 0.3 is 0 Å². The highest BCUT2D eigenvalue weighted by Crippen LogP contribution is 2.44. The molecule has 1 aliphatic heterocycles. The molecule has 1 atom stereocenters. The number of hydrogen-bond donors (Lipinski definition) is 1. The van der Waals surface area contributed by atoms with Crippen molar-refractivity contribution in [1.29, 1.82) is 0 Å². The summed E-state index contributed by atoms with van der Waals surface area (Å²) in [5.74, 6) is -0.0936. The minimum absolute atomic E-state index is 0.175. The number of carbonyl (C=O) groups excluding carboxylic acids is 1. The first kappa shape index (κ1) is 19.9. The van der Waals surface area contributed by atoms with Crippen LogP contribution in [0.15, 0.2) is 78.8 Å². The smallest absolute Gasteiger partial charge is 0.290 e. The number of amides is 1. The van der Waals surface area contributed by atoms with Crippen molar-refractivity contribution in [2.24, 2.45) is 0 Å². The molecule has 1 aromatic heterocycles. The van der Waals surface area contributed by atoms with Gasteiger partial charge < -0.3 is 10.0 Å². The lowest BCUT2D eigenvalue weighted by Gasteiger charge is -2.28. The molecule has 0 saturated carbocycles. The molecule has 2 heterocycles. The van der Waals surface area contributed by atoms with Crippen LogP contribution in [0.3, 0.4) is 0 Å². The molecule has 0 bridgehead atoms. The third kappa shape index (κ3) is 3.73. The van der Waals surface area contributed by atoms with Gasteiger partial charge in [0.15, 0.2) is 5.76 Å². The molecule has 1 amide bonds. The van der Waals surface area contributed by atoms with Gasteiger partial charge in [-0.2, -0.15) is 0 Å². The van der Waals surface area contributed by atoms with Crippen molar-refractivity contribution < 1.29 is 9.90 Å². The Hall–Kier alpha value is -3.40. The van der Waals surface area contributed by atoms with Crippen molar-refractivity contribution in [3.8, 4) is 0 Å². The lowest BCUT2D eigenvalue weighted by atomic mass is 9.91. The number of carbonyl (C=O) groups is 1. The highest BCUT2D eigenvalue weighted by atomic mass is 16.3. The van der Waals surface area contributed by atoms with Gasteiger partial charge in [0.05, 0.1) is 6.04 Å². The lowest BCUT2D eigenvalue weighted by Crippen LogP contribution is -2.29. The number of aliphatic hydroxyl groups is 1. The number of aryl methyl sites for hydroxylation is 1. The molecule has 30 heavy (non-hydrogen) atoms. The zero-order valence-electron chi connectivity index (χ0n) is 17.5. The molecule has 152 valence electrons. The van der Waals surface area contributed by atoms with E-state index in [9.17, 15) is 9.90 Å². The standard InChI is InChI=1S/C26H26N2O2/c1-17(2)20-8-10-22(11-9-20)24-23(21-6-4-18(3)5-7-21)25(29)26(30)28(24)16-19-12-14-27-15-13-19/h4-15,17,24,29H,16H2,1-3H3. The van der Waals surface area contributed by atoms with Gasteiger partial charge in [0.1, 0.15) is 0 Å². The van der Waals surface area contributed by atoms with Gasteiger partial charge in [-0.1, -0.05) is 67.9 Å². The molecule has 4 heteroatoms. The molecule has 4 nitrogen and oxygen atoms in total. The second-order valence-corrected chi connectivity index (χ2v) is 8.14. The Morgan fingerprint density at radius 1 is 0.967 bits per heavy atom. The molecule has 4 rings (SSSR count). The van der Waals surface area contributed by atoms with E-state index >= 15 is 0 Å². The summed E-state index contributed by atoms with van der Waals surface area (Å²) in [6, 6.07) is 19.7. The van der Waals surface area contributed by atoms with Gasteiger partial charge in [0, 0.05) is 24.5 Å². The quantitative estimate of drug-likeness (QED) is 0.612. The SMILES string of the molecule is Cc1ccc(C2=C(O)C(=O)N(Cc3ccncc3)C2c2ccc(C(C)C)cc2)cc1. The summed E-state index contributed by atoms with van der Waals surface area (Å²) in [5, 5.41) is 10.9. The molecule has 0 radical (unpaired) electrons. The summed E-state index contributed by atoms with van der Waals surface area (Å²) in [6.45, 7) is 6.74. The highest BCUT2D eigenvalue weighted by Gasteiger charge is 2.40. The lowest BCUT2D eigenvalue weighted by molar-refractivity contribution is -0.130. The van der Waals surface area contributed by atoms with Gasteiger partial charge in [0.25, 0.3) is 5.91 Å². The van der Waals surface area contributed by atoms with Gasteiger partial charge in [0.2, 0.25) is 0 Å². The average Bonchev–Trinajstić information content (AvgIpc) is 3.00. The minimum Gasteiger partial charge on any atom is -0.503 e. The third-order valence-electron chi connectivity index (χ3n) is 5.69. The van der Waals surface area contributed by atoms with Gasteiger partial charge in [-0.05, 0) is 47.2 Å². The number of hydrogen-bond acceptors (Lipinski definition) is 3. The Balaban J connectivity index is 1.80. The number of aromatic nitrogens is 1. The molecule has 1 N–H and O–H groups in total. The van der Waals surface area contributed by atoms with E-state index in [2.05, 4.69) is 43.1 Å². The first-order chi connectivity index (χ1) is 14.5. The fourth-order valence-electron chi connectivity index (χ4n) is 3.94. The van der Waals surface area contributed by atoms with Crippen molar-refractivity contribution in [2.45, 2.75) is 39.3 Å². The van der Waals surface area contributed by atoms with Crippen LogP contribution in [0, 0.1) is 6.92 Å². The van der Waals surface area contributed by atoms with E-state index < -0.39 is 0 Å². The van der Waals surface area contributed by atoms with Gasteiger partial charge in [-0.25, -0.2) is 0 Å². The fourth-order valence-corrected chi connectivity index (χ4v) is 3.94. The van der Waals surface area contributed by atoms with Crippen LogP contribution in [0.25, 0.3) is 5.57 Å². The van der Waals surface area contributed by atoms with Gasteiger partial charge in [-0.3, -0.25) is 9.78 Å². The predicted molar refractivity (Wildman–Crippen MR) is 119 cm³/mol. The van der Waals surface area contributed by atoms with Crippen molar-refractivity contribution in [3.63, 3.8) is 0 Å². The molecule has 1 aliphatic rings. The van der Waals surface area contributed by atoms with E-state index in [1.165, 1.54) is 5.56 Å². The highest BCUT2D eigenvalue weighted by molar-refractivity contribution is 6.05. The molecule has 0 spiro atoms. The predicted octanol–water partition coefficient (Wildman–Crippen LogP) is 5.57. The summed E-state index contributed by atoms with van der Waals surface area (Å²) in [6.07, 6.45) is 3.44. The molecule has 2 aromatic carbocycles. The molecule has 0 saturated heterocycles. The Kier molecular flexibility index (Phi) is 5.40. The second kappa shape index (κ2) is 8.15. The van der Waals surface area contributed by atoms with Crippen LogP contribution in [0.5, 0.6) is 0 Å². The van der Waals surface area contributed by atoms with Crippen molar-refractivity contribution >= 4 is 11.5 Å². The summed E-state index contributed by atoms with van der Waals surface area (Å²) < 4.78 is 0.